The molecule has 0 N–H and O–H groups in total. The summed E-state index contributed by atoms with van der Waals surface area (Å²) in [4.78, 5) is 2.49. The first-order valence-corrected chi connectivity index (χ1v) is 13.8. The number of hydrogen-bond acceptors (Lipinski definition) is 4. The molecule has 3 aromatic carbocycles. The largest absolute Gasteiger partial charge is 0.367 e. The second kappa shape index (κ2) is 12.1. The zero-order chi connectivity index (χ0) is 25.5. The first-order valence-electron chi connectivity index (χ1n) is 12.3. The molecule has 0 bridgehead atoms. The van der Waals surface area contributed by atoms with Gasteiger partial charge < -0.3 is 4.74 Å². The highest BCUT2D eigenvalue weighted by molar-refractivity contribution is 7.89. The number of rotatable bonds is 10. The van der Waals surface area contributed by atoms with Gasteiger partial charge in [-0.2, -0.15) is 4.31 Å². The molecule has 3 aromatic rings. The van der Waals surface area contributed by atoms with Crippen LogP contribution in [-0.4, -0.2) is 57.0 Å². The molecular weight excluding hydrogens is 482 g/mol. The second-order valence-electron chi connectivity index (χ2n) is 8.97. The third-order valence-electron chi connectivity index (χ3n) is 6.47. The van der Waals surface area contributed by atoms with E-state index in [2.05, 4.69) is 11.8 Å². The van der Waals surface area contributed by atoms with Gasteiger partial charge in [0.25, 0.3) is 0 Å². The minimum Gasteiger partial charge on any atom is -0.367 e. The fourth-order valence-corrected chi connectivity index (χ4v) is 5.87. The average molecular weight is 515 g/mol. The molecule has 1 fully saturated rings. The Morgan fingerprint density at radius 1 is 0.861 bits per heavy atom. The lowest BCUT2D eigenvalue weighted by Crippen LogP contribution is -2.49. The number of aryl methyl sites for hydroxylation is 1. The number of halogens is 2. The Kier molecular flexibility index (Phi) is 8.85. The predicted octanol–water partition coefficient (Wildman–Crippen LogP) is 5.03. The van der Waals surface area contributed by atoms with Gasteiger partial charge in [0.1, 0.15) is 6.10 Å². The van der Waals surface area contributed by atoms with Crippen LogP contribution in [0.25, 0.3) is 0 Å². The molecule has 0 radical (unpaired) electrons. The van der Waals surface area contributed by atoms with Crippen molar-refractivity contribution in [1.29, 1.82) is 0 Å². The molecule has 4 rings (SSSR count). The molecule has 1 atom stereocenters. The molecule has 0 aliphatic carbocycles. The first kappa shape index (κ1) is 26.4. The summed E-state index contributed by atoms with van der Waals surface area (Å²) in [5.41, 5.74) is 2.53. The highest BCUT2D eigenvalue weighted by Crippen LogP contribution is 2.27. The van der Waals surface area contributed by atoms with Crippen LogP contribution in [0.15, 0.2) is 77.7 Å². The van der Waals surface area contributed by atoms with Crippen LogP contribution in [0.2, 0.25) is 0 Å². The van der Waals surface area contributed by atoms with Crippen molar-refractivity contribution in [3.05, 3.63) is 101 Å². The molecule has 36 heavy (non-hydrogen) atoms. The lowest BCUT2D eigenvalue weighted by molar-refractivity contribution is 0.0525. The van der Waals surface area contributed by atoms with Crippen LogP contribution in [0.1, 0.15) is 36.1 Å². The van der Waals surface area contributed by atoms with E-state index in [0.29, 0.717) is 49.8 Å². The van der Waals surface area contributed by atoms with Crippen molar-refractivity contribution in [3.8, 4) is 0 Å². The summed E-state index contributed by atoms with van der Waals surface area (Å²) in [6.07, 6.45) is 1.42. The number of nitrogens with zero attached hydrogens (tertiary/aromatic N) is 2. The highest BCUT2D eigenvalue weighted by atomic mass is 32.2. The maximum absolute atomic E-state index is 13.9. The maximum Gasteiger partial charge on any atom is 0.243 e. The summed E-state index contributed by atoms with van der Waals surface area (Å²) in [5.74, 6) is -1.80. The van der Waals surface area contributed by atoms with Gasteiger partial charge in [-0.05, 0) is 47.4 Å². The zero-order valence-electron chi connectivity index (χ0n) is 20.4. The normalized spacial score (nSPS) is 16.2. The number of piperazine rings is 1. The lowest BCUT2D eigenvalue weighted by atomic mass is 10.0. The van der Waals surface area contributed by atoms with E-state index in [1.807, 2.05) is 42.5 Å². The first-order chi connectivity index (χ1) is 17.4. The van der Waals surface area contributed by atoms with Gasteiger partial charge in [-0.15, -0.1) is 0 Å². The van der Waals surface area contributed by atoms with Gasteiger partial charge in [0.05, 0.1) is 11.5 Å². The minimum absolute atomic E-state index is 0.330. The van der Waals surface area contributed by atoms with Crippen LogP contribution >= 0.6 is 0 Å². The molecule has 0 spiro atoms. The highest BCUT2D eigenvalue weighted by Gasteiger charge is 2.28. The molecule has 0 aromatic heterocycles. The van der Waals surface area contributed by atoms with Crippen molar-refractivity contribution in [1.82, 2.24) is 9.21 Å². The molecule has 192 valence electrons. The average Bonchev–Trinajstić information content (AvgIpc) is 2.90. The molecule has 0 amide bonds. The molecule has 1 unspecified atom stereocenters. The Morgan fingerprint density at radius 3 is 2.19 bits per heavy atom. The van der Waals surface area contributed by atoms with Crippen LogP contribution in [0.4, 0.5) is 8.78 Å². The van der Waals surface area contributed by atoms with Crippen molar-refractivity contribution in [2.75, 3.05) is 39.3 Å². The number of benzene rings is 3. The summed E-state index contributed by atoms with van der Waals surface area (Å²) in [5, 5.41) is 0. The Bertz CT molecular complexity index is 1230. The SMILES string of the molecule is CCCc1ccc(S(=O)(=O)N2CCN(CCOC(c3ccccc3)c3ccc(F)c(F)c3)CC2)cc1. The monoisotopic (exact) mass is 514 g/mol. The van der Waals surface area contributed by atoms with E-state index in [9.17, 15) is 17.2 Å². The zero-order valence-corrected chi connectivity index (χ0v) is 21.3. The molecule has 1 saturated heterocycles. The van der Waals surface area contributed by atoms with E-state index >= 15 is 0 Å². The summed E-state index contributed by atoms with van der Waals surface area (Å²) >= 11 is 0. The summed E-state index contributed by atoms with van der Waals surface area (Å²) in [6.45, 7) is 5.07. The summed E-state index contributed by atoms with van der Waals surface area (Å²) < 4.78 is 61.1. The lowest BCUT2D eigenvalue weighted by Gasteiger charge is -2.34. The number of hydrogen-bond donors (Lipinski definition) is 0. The van der Waals surface area contributed by atoms with Crippen molar-refractivity contribution in [3.63, 3.8) is 0 Å². The van der Waals surface area contributed by atoms with Crippen LogP contribution in [-0.2, 0) is 21.2 Å². The molecule has 8 heteroatoms. The topological polar surface area (TPSA) is 49.9 Å². The Balaban J connectivity index is 1.33. The second-order valence-corrected chi connectivity index (χ2v) is 10.9. The molecule has 5 nitrogen and oxygen atoms in total. The van der Waals surface area contributed by atoms with Gasteiger partial charge in [0.15, 0.2) is 11.6 Å². The standard InChI is InChI=1S/C28H32F2N2O3S/c1-2-6-22-9-12-25(13-10-22)36(33,34)32-17-15-31(16-18-32)19-20-35-28(23-7-4-3-5-8-23)24-11-14-26(29)27(30)21-24/h3-5,7-14,21,28H,2,6,15-20H2,1H3. The number of sulfonamides is 1. The quantitative estimate of drug-likeness (QED) is 0.381. The van der Waals surface area contributed by atoms with Crippen LogP contribution in [0.3, 0.4) is 0 Å². The fourth-order valence-electron chi connectivity index (χ4n) is 4.45. The smallest absolute Gasteiger partial charge is 0.243 e. The van der Waals surface area contributed by atoms with Gasteiger partial charge >= 0.3 is 0 Å². The molecule has 1 aliphatic heterocycles. The Morgan fingerprint density at radius 2 is 1.56 bits per heavy atom. The fraction of sp³-hybridized carbons (Fsp3) is 0.357. The van der Waals surface area contributed by atoms with Gasteiger partial charge in [0, 0.05) is 32.7 Å². The van der Waals surface area contributed by atoms with Gasteiger partial charge in [-0.3, -0.25) is 4.90 Å². The van der Waals surface area contributed by atoms with Crippen molar-refractivity contribution in [2.45, 2.75) is 30.8 Å². The summed E-state index contributed by atoms with van der Waals surface area (Å²) in [7, 11) is -3.52. The molecular formula is C28H32F2N2O3S. The van der Waals surface area contributed by atoms with E-state index in [0.717, 1.165) is 30.0 Å². The van der Waals surface area contributed by atoms with Gasteiger partial charge in [-0.25, -0.2) is 17.2 Å². The molecule has 1 heterocycles. The van der Waals surface area contributed by atoms with Crippen molar-refractivity contribution in [2.24, 2.45) is 0 Å². The van der Waals surface area contributed by atoms with Gasteiger partial charge in [-0.1, -0.05) is 61.9 Å². The molecule has 0 saturated carbocycles. The maximum atomic E-state index is 13.9. The van der Waals surface area contributed by atoms with Crippen molar-refractivity contribution < 1.29 is 21.9 Å². The van der Waals surface area contributed by atoms with Crippen LogP contribution in [0, 0.1) is 11.6 Å². The number of ether oxygens (including phenoxy) is 1. The van der Waals surface area contributed by atoms with E-state index in [-0.39, 0.29) is 0 Å². The van der Waals surface area contributed by atoms with Gasteiger partial charge in [0.2, 0.25) is 10.0 Å². The van der Waals surface area contributed by atoms with E-state index in [4.69, 9.17) is 4.74 Å². The minimum atomic E-state index is -3.52. The Labute approximate surface area is 212 Å². The van der Waals surface area contributed by atoms with E-state index in [1.54, 1.807) is 12.1 Å². The van der Waals surface area contributed by atoms with Crippen molar-refractivity contribution >= 4 is 10.0 Å². The third kappa shape index (κ3) is 6.37. The van der Waals surface area contributed by atoms with E-state index < -0.39 is 27.8 Å². The van der Waals surface area contributed by atoms with Crippen LogP contribution in [0.5, 0.6) is 0 Å². The van der Waals surface area contributed by atoms with E-state index in [1.165, 1.54) is 16.4 Å². The summed E-state index contributed by atoms with van der Waals surface area (Å²) in [6, 6.07) is 20.4. The molecule has 1 aliphatic rings. The van der Waals surface area contributed by atoms with Crippen LogP contribution < -0.4 is 0 Å². The third-order valence-corrected chi connectivity index (χ3v) is 8.38. The predicted molar refractivity (Wildman–Crippen MR) is 136 cm³/mol. The Hall–Kier alpha value is -2.65.